The first-order valence-corrected chi connectivity index (χ1v) is 9.40. The average Bonchev–Trinajstić information content (AvgIpc) is 2.65. The summed E-state index contributed by atoms with van der Waals surface area (Å²) in [6, 6.07) is 11.5. The van der Waals surface area contributed by atoms with Crippen molar-refractivity contribution in [3.05, 3.63) is 35.9 Å². The lowest BCUT2D eigenvalue weighted by Gasteiger charge is -2.41. The van der Waals surface area contributed by atoms with Crippen LogP contribution in [0.2, 0.25) is 0 Å². The summed E-state index contributed by atoms with van der Waals surface area (Å²) in [6.45, 7) is 3.87. The van der Waals surface area contributed by atoms with E-state index in [1.54, 1.807) is 6.21 Å². The third-order valence-corrected chi connectivity index (χ3v) is 5.72. The van der Waals surface area contributed by atoms with E-state index < -0.39 is 0 Å². The van der Waals surface area contributed by atoms with E-state index in [2.05, 4.69) is 40.4 Å². The quantitative estimate of drug-likeness (QED) is 0.492. The topological polar surface area (TPSA) is 45.1 Å². The molecule has 24 heavy (non-hydrogen) atoms. The molecule has 2 aliphatic rings. The monoisotopic (exact) mass is 330 g/mol. The lowest BCUT2D eigenvalue weighted by atomic mass is 9.77. The third-order valence-electron chi connectivity index (χ3n) is 5.72. The Bertz CT molecular complexity index is 492. The molecule has 1 saturated carbocycles. The van der Waals surface area contributed by atoms with E-state index in [4.69, 9.17) is 9.94 Å². The predicted molar refractivity (Wildman–Crippen MR) is 96.7 cm³/mol. The van der Waals surface area contributed by atoms with Crippen molar-refractivity contribution in [3.8, 4) is 0 Å². The van der Waals surface area contributed by atoms with Crippen LogP contribution in [0.5, 0.6) is 0 Å². The highest BCUT2D eigenvalue weighted by Crippen LogP contribution is 2.34. The van der Waals surface area contributed by atoms with Crippen LogP contribution in [0.25, 0.3) is 0 Å². The van der Waals surface area contributed by atoms with Crippen LogP contribution in [0.15, 0.2) is 35.5 Å². The second kappa shape index (κ2) is 9.19. The first kappa shape index (κ1) is 17.4. The zero-order valence-corrected chi connectivity index (χ0v) is 14.5. The molecule has 0 aromatic heterocycles. The molecule has 1 saturated heterocycles. The Morgan fingerprint density at radius 1 is 1.12 bits per heavy atom. The molecule has 0 bridgehead atoms. The zero-order chi connectivity index (χ0) is 16.6. The summed E-state index contributed by atoms with van der Waals surface area (Å²) < 4.78 is 5.56. The maximum atomic E-state index is 8.76. The third kappa shape index (κ3) is 4.81. The molecular formula is C20H30N2O2. The van der Waals surface area contributed by atoms with E-state index in [0.29, 0.717) is 12.0 Å². The lowest BCUT2D eigenvalue weighted by Crippen LogP contribution is -2.48. The van der Waals surface area contributed by atoms with Gasteiger partial charge >= 0.3 is 0 Å². The van der Waals surface area contributed by atoms with E-state index >= 15 is 0 Å². The van der Waals surface area contributed by atoms with Crippen LogP contribution >= 0.6 is 0 Å². The van der Waals surface area contributed by atoms with E-state index in [1.165, 1.54) is 24.8 Å². The average molecular weight is 330 g/mol. The Morgan fingerprint density at radius 3 is 2.50 bits per heavy atom. The molecule has 1 N–H and O–H groups in total. The van der Waals surface area contributed by atoms with Crippen molar-refractivity contribution in [1.82, 2.24) is 4.90 Å². The number of hydrogen-bond acceptors (Lipinski definition) is 4. The molecule has 1 aromatic rings. The van der Waals surface area contributed by atoms with Gasteiger partial charge in [0.2, 0.25) is 0 Å². The fraction of sp³-hybridized carbons (Fsp3) is 0.650. The van der Waals surface area contributed by atoms with Gasteiger partial charge in [-0.1, -0.05) is 30.3 Å². The van der Waals surface area contributed by atoms with Crippen molar-refractivity contribution in [3.63, 3.8) is 0 Å². The van der Waals surface area contributed by atoms with Crippen molar-refractivity contribution in [1.29, 1.82) is 0 Å². The summed E-state index contributed by atoms with van der Waals surface area (Å²) in [5.41, 5.74) is 1.44. The second-order valence-electron chi connectivity index (χ2n) is 7.18. The number of nitrogens with zero attached hydrogens (tertiary/aromatic N) is 2. The fourth-order valence-electron chi connectivity index (χ4n) is 4.36. The van der Waals surface area contributed by atoms with Crippen LogP contribution in [0, 0.1) is 11.8 Å². The van der Waals surface area contributed by atoms with Crippen LogP contribution in [0.3, 0.4) is 0 Å². The first-order valence-electron chi connectivity index (χ1n) is 9.40. The molecule has 2 fully saturated rings. The molecular weight excluding hydrogens is 300 g/mol. The number of hydrogen-bond donors (Lipinski definition) is 1. The molecule has 0 radical (unpaired) electrons. The Hall–Kier alpha value is -1.39. The van der Waals surface area contributed by atoms with Crippen molar-refractivity contribution in [2.75, 3.05) is 26.3 Å². The van der Waals surface area contributed by atoms with Gasteiger partial charge < -0.3 is 9.94 Å². The van der Waals surface area contributed by atoms with Gasteiger partial charge in [0.05, 0.1) is 13.2 Å². The van der Waals surface area contributed by atoms with E-state index in [9.17, 15) is 0 Å². The summed E-state index contributed by atoms with van der Waals surface area (Å²) in [6.07, 6.45) is 8.90. The molecule has 3 rings (SSSR count). The highest BCUT2D eigenvalue weighted by molar-refractivity contribution is 5.59. The van der Waals surface area contributed by atoms with Gasteiger partial charge in [0.1, 0.15) is 0 Å². The van der Waals surface area contributed by atoms with Crippen molar-refractivity contribution in [2.45, 2.75) is 44.6 Å². The highest BCUT2D eigenvalue weighted by Gasteiger charge is 2.31. The molecule has 4 heteroatoms. The highest BCUT2D eigenvalue weighted by atomic mass is 16.5. The van der Waals surface area contributed by atoms with Crippen LogP contribution in [-0.4, -0.2) is 48.7 Å². The summed E-state index contributed by atoms with van der Waals surface area (Å²) in [7, 11) is 0. The van der Waals surface area contributed by atoms with Gasteiger partial charge in [0.25, 0.3) is 0 Å². The molecule has 1 atom stereocenters. The van der Waals surface area contributed by atoms with Crippen molar-refractivity contribution < 1.29 is 9.94 Å². The van der Waals surface area contributed by atoms with Gasteiger partial charge in [-0.25, -0.2) is 0 Å². The van der Waals surface area contributed by atoms with E-state index in [0.717, 1.165) is 51.5 Å². The molecule has 1 heterocycles. The molecule has 0 spiro atoms. The fourth-order valence-corrected chi connectivity index (χ4v) is 4.36. The smallest absolute Gasteiger partial charge is 0.0594 e. The van der Waals surface area contributed by atoms with Crippen LogP contribution in [0.4, 0.5) is 0 Å². The summed E-state index contributed by atoms with van der Waals surface area (Å²) >= 11 is 0. The largest absolute Gasteiger partial charge is 0.411 e. The Kier molecular flexibility index (Phi) is 6.67. The Morgan fingerprint density at radius 2 is 1.83 bits per heavy atom. The number of ether oxygens (including phenoxy) is 1. The second-order valence-corrected chi connectivity index (χ2v) is 7.18. The predicted octanol–water partition coefficient (Wildman–Crippen LogP) is 3.59. The van der Waals surface area contributed by atoms with Gasteiger partial charge in [0, 0.05) is 25.3 Å². The van der Waals surface area contributed by atoms with Gasteiger partial charge in [-0.05, 0) is 55.9 Å². The van der Waals surface area contributed by atoms with Crippen LogP contribution < -0.4 is 0 Å². The van der Waals surface area contributed by atoms with Gasteiger partial charge in [-0.3, -0.25) is 4.90 Å². The standard InChI is InChI=1S/C20H30N2O2/c23-21-16-18-6-9-19(10-7-18)20(22-12-14-24-15-13-22)11-8-17-4-2-1-3-5-17/h1-5,16,18-20,23H,6-15H2/b21-16-. The van der Waals surface area contributed by atoms with E-state index in [1.807, 2.05) is 0 Å². The number of benzene rings is 1. The number of oxime groups is 1. The zero-order valence-electron chi connectivity index (χ0n) is 14.5. The van der Waals surface area contributed by atoms with Crippen molar-refractivity contribution >= 4 is 6.21 Å². The molecule has 1 aliphatic carbocycles. The van der Waals surface area contributed by atoms with E-state index in [-0.39, 0.29) is 0 Å². The molecule has 0 amide bonds. The molecule has 1 aliphatic heterocycles. The van der Waals surface area contributed by atoms with Gasteiger partial charge in [-0.2, -0.15) is 0 Å². The Labute approximate surface area is 145 Å². The summed E-state index contributed by atoms with van der Waals surface area (Å²) in [5, 5.41) is 12.0. The first-order chi connectivity index (χ1) is 11.9. The summed E-state index contributed by atoms with van der Waals surface area (Å²) in [5.74, 6) is 1.22. The minimum absolute atomic E-state index is 0.464. The SMILES string of the molecule is O/N=C\C1CCC(C(CCc2ccccc2)N2CCOCC2)CC1. The molecule has 132 valence electrons. The number of morpholine rings is 1. The van der Waals surface area contributed by atoms with Crippen LogP contribution in [-0.2, 0) is 11.2 Å². The normalized spacial score (nSPS) is 27.3. The van der Waals surface area contributed by atoms with Gasteiger partial charge in [0.15, 0.2) is 0 Å². The molecule has 1 aromatic carbocycles. The summed E-state index contributed by atoms with van der Waals surface area (Å²) in [4.78, 5) is 2.66. The maximum Gasteiger partial charge on any atom is 0.0594 e. The molecule has 1 unspecified atom stereocenters. The number of aryl methyl sites for hydroxylation is 1. The minimum atomic E-state index is 0.464. The molecule has 4 nitrogen and oxygen atoms in total. The Balaban J connectivity index is 1.61. The van der Waals surface area contributed by atoms with Gasteiger partial charge in [-0.15, -0.1) is 5.16 Å². The van der Waals surface area contributed by atoms with Crippen molar-refractivity contribution in [2.24, 2.45) is 17.0 Å². The van der Waals surface area contributed by atoms with Crippen LogP contribution in [0.1, 0.15) is 37.7 Å². The minimum Gasteiger partial charge on any atom is -0.411 e. The lowest BCUT2D eigenvalue weighted by molar-refractivity contribution is -0.00542. The maximum absolute atomic E-state index is 8.76. The number of rotatable bonds is 6.